The third kappa shape index (κ3) is 9.18. The van der Waals surface area contributed by atoms with Crippen LogP contribution in [0.15, 0.2) is 71.8 Å². The highest BCUT2D eigenvalue weighted by molar-refractivity contribution is 6.17. The first-order valence-electron chi connectivity index (χ1n) is 12.3. The maximum Gasteiger partial charge on any atom is 0.163 e. The number of carbonyl (C=O) groups is 2. The van der Waals surface area contributed by atoms with E-state index >= 15 is 0 Å². The van der Waals surface area contributed by atoms with E-state index in [0.717, 1.165) is 62.5 Å². The maximum absolute atomic E-state index is 13.4. The van der Waals surface area contributed by atoms with E-state index in [2.05, 4.69) is 13.8 Å². The van der Waals surface area contributed by atoms with Crippen LogP contribution in [0.25, 0.3) is 12.2 Å². The van der Waals surface area contributed by atoms with Gasteiger partial charge < -0.3 is 0 Å². The number of unbranched alkanes of at least 4 members (excludes halogenated alkanes) is 6. The van der Waals surface area contributed by atoms with Crippen molar-refractivity contribution < 1.29 is 9.59 Å². The van der Waals surface area contributed by atoms with Crippen molar-refractivity contribution >= 4 is 23.7 Å². The number of Topliss-reactive ketones (excluding diaryl/α,β-unsaturated/α-hetero) is 2. The summed E-state index contributed by atoms with van der Waals surface area (Å²) in [5, 5.41) is 0. The van der Waals surface area contributed by atoms with Crippen LogP contribution in [-0.4, -0.2) is 11.6 Å². The van der Waals surface area contributed by atoms with Crippen molar-refractivity contribution in [3.63, 3.8) is 0 Å². The Morgan fingerprint density at radius 1 is 0.562 bits per heavy atom. The molecule has 0 saturated carbocycles. The molecule has 0 aliphatic heterocycles. The monoisotopic (exact) mass is 430 g/mol. The molecule has 0 radical (unpaired) electrons. The van der Waals surface area contributed by atoms with Crippen LogP contribution in [0.1, 0.15) is 89.2 Å². The zero-order valence-electron chi connectivity index (χ0n) is 19.8. The predicted molar refractivity (Wildman–Crippen MR) is 136 cm³/mol. The van der Waals surface area contributed by atoms with Gasteiger partial charge in [-0.2, -0.15) is 0 Å². The largest absolute Gasteiger partial charge is 0.294 e. The van der Waals surface area contributed by atoms with Crippen molar-refractivity contribution in [3.05, 3.63) is 82.9 Å². The fraction of sp³-hybridized carbons (Fsp3) is 0.400. The first-order chi connectivity index (χ1) is 15.7. The number of carbonyl (C=O) groups excluding carboxylic acids is 2. The number of hydrogen-bond donors (Lipinski definition) is 0. The first-order valence-corrected chi connectivity index (χ1v) is 12.3. The summed E-state index contributed by atoms with van der Waals surface area (Å²) < 4.78 is 0. The van der Waals surface area contributed by atoms with Crippen molar-refractivity contribution in [2.45, 2.75) is 78.1 Å². The van der Waals surface area contributed by atoms with Gasteiger partial charge in [-0.3, -0.25) is 9.59 Å². The fourth-order valence-electron chi connectivity index (χ4n) is 3.74. The predicted octanol–water partition coefficient (Wildman–Crippen LogP) is 8.23. The quantitative estimate of drug-likeness (QED) is 0.162. The molecule has 0 N–H and O–H groups in total. The Labute approximate surface area is 194 Å². The number of allylic oxidation sites excluding steroid dienone is 2. The van der Waals surface area contributed by atoms with E-state index in [1.54, 1.807) is 0 Å². The normalized spacial score (nSPS) is 12.1. The van der Waals surface area contributed by atoms with E-state index in [1.807, 2.05) is 72.8 Å². The highest BCUT2D eigenvalue weighted by atomic mass is 16.1. The lowest BCUT2D eigenvalue weighted by molar-refractivity contribution is -0.118. The summed E-state index contributed by atoms with van der Waals surface area (Å²) in [6, 6.07) is 19.7. The van der Waals surface area contributed by atoms with Gasteiger partial charge in [-0.25, -0.2) is 0 Å². The molecule has 2 rings (SSSR count). The molecule has 0 saturated heterocycles. The van der Waals surface area contributed by atoms with Gasteiger partial charge in [0.1, 0.15) is 0 Å². The minimum Gasteiger partial charge on any atom is -0.294 e. The second-order valence-corrected chi connectivity index (χ2v) is 8.41. The molecule has 2 aromatic rings. The number of ketones is 2. The van der Waals surface area contributed by atoms with E-state index < -0.39 is 0 Å². The molecular formula is C30H38O2. The van der Waals surface area contributed by atoms with E-state index in [1.165, 1.54) is 0 Å². The van der Waals surface area contributed by atoms with Crippen LogP contribution in [0, 0.1) is 0 Å². The van der Waals surface area contributed by atoms with E-state index in [-0.39, 0.29) is 11.6 Å². The lowest BCUT2D eigenvalue weighted by atomic mass is 9.89. The Morgan fingerprint density at radius 3 is 1.28 bits per heavy atom. The molecular weight excluding hydrogens is 392 g/mol. The fourth-order valence-corrected chi connectivity index (χ4v) is 3.74. The topological polar surface area (TPSA) is 34.1 Å². The summed E-state index contributed by atoms with van der Waals surface area (Å²) >= 11 is 0. The maximum atomic E-state index is 13.4. The molecule has 0 aliphatic rings. The molecule has 2 heteroatoms. The Kier molecular flexibility index (Phi) is 12.1. The zero-order chi connectivity index (χ0) is 23.0. The highest BCUT2D eigenvalue weighted by Crippen LogP contribution is 2.24. The summed E-state index contributed by atoms with van der Waals surface area (Å²) in [6.07, 6.45) is 13.1. The molecule has 0 amide bonds. The zero-order valence-corrected chi connectivity index (χ0v) is 19.8. The molecule has 0 fully saturated rings. The van der Waals surface area contributed by atoms with Crippen molar-refractivity contribution in [2.24, 2.45) is 0 Å². The van der Waals surface area contributed by atoms with Gasteiger partial charge in [0.2, 0.25) is 0 Å². The summed E-state index contributed by atoms with van der Waals surface area (Å²) in [7, 11) is 0. The van der Waals surface area contributed by atoms with Crippen LogP contribution in [-0.2, 0) is 9.59 Å². The Bertz CT molecular complexity index is 800. The SMILES string of the molecule is CCCCCCC(=O)C(=Cc1ccccc1)C(=Cc1ccccc1)C(=O)CCCCCC. The average molecular weight is 431 g/mol. The Morgan fingerprint density at radius 2 is 0.938 bits per heavy atom. The third-order valence-electron chi connectivity index (χ3n) is 5.63. The lowest BCUT2D eigenvalue weighted by Crippen LogP contribution is -2.13. The molecule has 0 aliphatic carbocycles. The van der Waals surface area contributed by atoms with Crippen molar-refractivity contribution in [3.8, 4) is 0 Å². The summed E-state index contributed by atoms with van der Waals surface area (Å²) in [5.74, 6) is 0.128. The molecule has 0 bridgehead atoms. The van der Waals surface area contributed by atoms with Crippen LogP contribution < -0.4 is 0 Å². The highest BCUT2D eigenvalue weighted by Gasteiger charge is 2.20. The van der Waals surface area contributed by atoms with Crippen LogP contribution in [0.3, 0.4) is 0 Å². The van der Waals surface area contributed by atoms with E-state index in [0.29, 0.717) is 24.0 Å². The van der Waals surface area contributed by atoms with Gasteiger partial charge in [0.05, 0.1) is 0 Å². The third-order valence-corrected chi connectivity index (χ3v) is 5.63. The smallest absolute Gasteiger partial charge is 0.163 e. The van der Waals surface area contributed by atoms with Crippen molar-refractivity contribution in [1.82, 2.24) is 0 Å². The molecule has 2 aromatic carbocycles. The summed E-state index contributed by atoms with van der Waals surface area (Å²) in [6.45, 7) is 4.33. The summed E-state index contributed by atoms with van der Waals surface area (Å²) in [5.41, 5.74) is 3.00. The number of benzene rings is 2. The summed E-state index contributed by atoms with van der Waals surface area (Å²) in [4.78, 5) is 26.7. The minimum atomic E-state index is 0.0639. The number of hydrogen-bond acceptors (Lipinski definition) is 2. The van der Waals surface area contributed by atoms with E-state index in [4.69, 9.17) is 0 Å². The molecule has 0 spiro atoms. The molecule has 2 nitrogen and oxygen atoms in total. The van der Waals surface area contributed by atoms with Gasteiger partial charge >= 0.3 is 0 Å². The number of rotatable bonds is 15. The minimum absolute atomic E-state index is 0.0639. The molecule has 0 aromatic heterocycles. The average Bonchev–Trinajstić information content (AvgIpc) is 2.83. The van der Waals surface area contributed by atoms with E-state index in [9.17, 15) is 9.59 Å². The molecule has 0 atom stereocenters. The Hall–Kier alpha value is -2.74. The van der Waals surface area contributed by atoms with Gasteiger partial charge in [0, 0.05) is 24.0 Å². The molecule has 0 unspecified atom stereocenters. The molecule has 170 valence electrons. The molecule has 0 heterocycles. The first kappa shape index (κ1) is 25.5. The van der Waals surface area contributed by atoms with Crippen molar-refractivity contribution in [1.29, 1.82) is 0 Å². The molecule has 32 heavy (non-hydrogen) atoms. The van der Waals surface area contributed by atoms with Crippen LogP contribution in [0.4, 0.5) is 0 Å². The van der Waals surface area contributed by atoms with Gasteiger partial charge in [-0.15, -0.1) is 0 Å². The van der Waals surface area contributed by atoms with Crippen LogP contribution in [0.5, 0.6) is 0 Å². The van der Waals surface area contributed by atoms with Gasteiger partial charge in [0.25, 0.3) is 0 Å². The second-order valence-electron chi connectivity index (χ2n) is 8.41. The van der Waals surface area contributed by atoms with Crippen LogP contribution >= 0.6 is 0 Å². The van der Waals surface area contributed by atoms with Gasteiger partial charge in [-0.1, -0.05) is 113 Å². The Balaban J connectivity index is 2.40. The lowest BCUT2D eigenvalue weighted by Gasteiger charge is -2.12. The van der Waals surface area contributed by atoms with Crippen LogP contribution in [0.2, 0.25) is 0 Å². The van der Waals surface area contributed by atoms with Gasteiger partial charge in [0.15, 0.2) is 11.6 Å². The van der Waals surface area contributed by atoms with Crippen molar-refractivity contribution in [2.75, 3.05) is 0 Å². The van der Waals surface area contributed by atoms with Gasteiger partial charge in [-0.05, 0) is 36.1 Å². The second kappa shape index (κ2) is 15.1. The standard InChI is InChI=1S/C30H38O2/c1-3-5-7-15-21-29(31)27(23-25-17-11-9-12-18-25)28(24-26-19-13-10-14-20-26)30(32)22-16-8-6-4-2/h9-14,17-20,23-24H,3-8,15-16,21-22H2,1-2H3.